The van der Waals surface area contributed by atoms with Gasteiger partial charge in [-0.15, -0.1) is 0 Å². The van der Waals surface area contributed by atoms with Gasteiger partial charge in [-0.25, -0.2) is 8.42 Å². The van der Waals surface area contributed by atoms with Gasteiger partial charge in [-0.2, -0.15) is 4.31 Å². The third kappa shape index (κ3) is 2.54. The molecule has 0 aromatic heterocycles. The average Bonchev–Trinajstić information content (AvgIpc) is 2.18. The van der Waals surface area contributed by atoms with E-state index in [0.717, 1.165) is 0 Å². The van der Waals surface area contributed by atoms with Crippen molar-refractivity contribution in [3.8, 4) is 0 Å². The summed E-state index contributed by atoms with van der Waals surface area (Å²) in [6, 6.07) is 6.22. The highest BCUT2D eigenvalue weighted by Gasteiger charge is 2.24. The number of nitrogens with two attached hydrogens (primary N) is 1. The SMILES string of the molecule is CCN(C(C)C)S(=O)(=O)c1ccc(N)cc1. The van der Waals surface area contributed by atoms with Crippen molar-refractivity contribution < 1.29 is 8.42 Å². The van der Waals surface area contributed by atoms with E-state index in [2.05, 4.69) is 0 Å². The quantitative estimate of drug-likeness (QED) is 0.817. The molecule has 0 bridgehead atoms. The van der Waals surface area contributed by atoms with Crippen LogP contribution in [0.25, 0.3) is 0 Å². The molecular weight excluding hydrogens is 224 g/mol. The molecule has 0 fully saturated rings. The third-order valence-corrected chi connectivity index (χ3v) is 4.54. The molecule has 0 aliphatic carbocycles. The maximum Gasteiger partial charge on any atom is 0.243 e. The average molecular weight is 242 g/mol. The van der Waals surface area contributed by atoms with Gasteiger partial charge in [-0.1, -0.05) is 6.92 Å². The Bertz CT molecular complexity index is 438. The number of rotatable bonds is 4. The van der Waals surface area contributed by atoms with Crippen molar-refractivity contribution in [2.75, 3.05) is 12.3 Å². The minimum Gasteiger partial charge on any atom is -0.399 e. The van der Waals surface area contributed by atoms with E-state index in [4.69, 9.17) is 5.73 Å². The van der Waals surface area contributed by atoms with E-state index in [1.54, 1.807) is 12.1 Å². The van der Waals surface area contributed by atoms with Gasteiger partial charge in [0.15, 0.2) is 0 Å². The molecule has 0 spiro atoms. The largest absolute Gasteiger partial charge is 0.399 e. The number of hydrogen-bond donors (Lipinski definition) is 1. The van der Waals surface area contributed by atoms with Gasteiger partial charge in [-0.3, -0.25) is 0 Å². The third-order valence-electron chi connectivity index (χ3n) is 2.37. The second kappa shape index (κ2) is 4.84. The van der Waals surface area contributed by atoms with Crippen molar-refractivity contribution in [1.82, 2.24) is 4.31 Å². The lowest BCUT2D eigenvalue weighted by molar-refractivity contribution is 0.369. The summed E-state index contributed by atoms with van der Waals surface area (Å²) in [6.07, 6.45) is 0. The molecule has 1 aromatic carbocycles. The van der Waals surface area contributed by atoms with Gasteiger partial charge in [-0.05, 0) is 38.1 Å². The van der Waals surface area contributed by atoms with E-state index in [1.165, 1.54) is 16.4 Å². The molecule has 0 heterocycles. The topological polar surface area (TPSA) is 63.4 Å². The van der Waals surface area contributed by atoms with E-state index < -0.39 is 10.0 Å². The minimum atomic E-state index is -3.39. The van der Waals surface area contributed by atoms with Gasteiger partial charge >= 0.3 is 0 Å². The lowest BCUT2D eigenvalue weighted by atomic mass is 10.3. The molecule has 0 amide bonds. The fourth-order valence-corrected chi connectivity index (χ4v) is 3.23. The molecule has 0 radical (unpaired) electrons. The Balaban J connectivity index is 3.15. The summed E-state index contributed by atoms with van der Waals surface area (Å²) in [5, 5.41) is 0. The Morgan fingerprint density at radius 1 is 1.25 bits per heavy atom. The number of nitrogen functional groups attached to an aromatic ring is 1. The van der Waals surface area contributed by atoms with Crippen molar-refractivity contribution in [2.24, 2.45) is 0 Å². The Morgan fingerprint density at radius 3 is 2.12 bits per heavy atom. The van der Waals surface area contributed by atoms with Crippen molar-refractivity contribution in [3.05, 3.63) is 24.3 Å². The van der Waals surface area contributed by atoms with Crippen molar-refractivity contribution in [2.45, 2.75) is 31.7 Å². The number of benzene rings is 1. The fraction of sp³-hybridized carbons (Fsp3) is 0.455. The first-order chi connectivity index (χ1) is 7.39. The number of nitrogens with zero attached hydrogens (tertiary/aromatic N) is 1. The first-order valence-electron chi connectivity index (χ1n) is 5.27. The first kappa shape index (κ1) is 13.0. The molecule has 0 saturated carbocycles. The van der Waals surface area contributed by atoms with Gasteiger partial charge < -0.3 is 5.73 Å². The molecule has 1 aromatic rings. The molecule has 0 aliphatic heterocycles. The summed E-state index contributed by atoms with van der Waals surface area (Å²) >= 11 is 0. The summed E-state index contributed by atoms with van der Waals surface area (Å²) in [5.74, 6) is 0. The molecule has 0 saturated heterocycles. The van der Waals surface area contributed by atoms with Crippen LogP contribution >= 0.6 is 0 Å². The summed E-state index contributed by atoms with van der Waals surface area (Å²) in [7, 11) is -3.39. The Labute approximate surface area is 97.1 Å². The van der Waals surface area contributed by atoms with Crippen molar-refractivity contribution in [3.63, 3.8) is 0 Å². The summed E-state index contributed by atoms with van der Waals surface area (Å²) < 4.78 is 25.9. The second-order valence-corrected chi connectivity index (χ2v) is 5.76. The second-order valence-electron chi connectivity index (χ2n) is 3.87. The van der Waals surface area contributed by atoms with Crippen LogP contribution in [0, 0.1) is 0 Å². The summed E-state index contributed by atoms with van der Waals surface area (Å²) in [6.45, 7) is 6.01. The molecule has 0 atom stereocenters. The van der Waals surface area contributed by atoms with Gasteiger partial charge in [0.25, 0.3) is 0 Å². The Kier molecular flexibility index (Phi) is 3.93. The number of anilines is 1. The summed E-state index contributed by atoms with van der Waals surface area (Å²) in [4.78, 5) is 0.289. The number of hydrogen-bond acceptors (Lipinski definition) is 3. The molecule has 5 heteroatoms. The zero-order valence-corrected chi connectivity index (χ0v) is 10.7. The van der Waals surface area contributed by atoms with Crippen LogP contribution in [0.3, 0.4) is 0 Å². The van der Waals surface area contributed by atoms with E-state index in [1.807, 2.05) is 20.8 Å². The maximum atomic E-state index is 12.2. The van der Waals surface area contributed by atoms with Crippen LogP contribution in [0.15, 0.2) is 29.2 Å². The molecule has 16 heavy (non-hydrogen) atoms. The van der Waals surface area contributed by atoms with E-state index in [-0.39, 0.29) is 10.9 Å². The molecule has 1 rings (SSSR count). The zero-order chi connectivity index (χ0) is 12.3. The lowest BCUT2D eigenvalue weighted by Gasteiger charge is -2.24. The molecule has 0 aliphatic rings. The van der Waals surface area contributed by atoms with Crippen LogP contribution in [0.4, 0.5) is 5.69 Å². The normalized spacial score (nSPS) is 12.3. The van der Waals surface area contributed by atoms with Crippen LogP contribution in [-0.4, -0.2) is 25.3 Å². The zero-order valence-electron chi connectivity index (χ0n) is 9.84. The predicted octanol–water partition coefficient (Wildman–Crippen LogP) is 1.69. The van der Waals surface area contributed by atoms with Crippen molar-refractivity contribution in [1.29, 1.82) is 0 Å². The fourth-order valence-electron chi connectivity index (χ4n) is 1.59. The minimum absolute atomic E-state index is 0.0486. The highest BCUT2D eigenvalue weighted by molar-refractivity contribution is 7.89. The predicted molar refractivity (Wildman–Crippen MR) is 65.6 cm³/mol. The van der Waals surface area contributed by atoms with Crippen LogP contribution in [0.1, 0.15) is 20.8 Å². The standard InChI is InChI=1S/C11H18N2O2S/c1-4-13(9(2)3)16(14,15)11-7-5-10(12)6-8-11/h5-9H,4,12H2,1-3H3. The molecule has 2 N–H and O–H groups in total. The molecule has 0 unspecified atom stereocenters. The van der Waals surface area contributed by atoms with Gasteiger partial charge in [0.05, 0.1) is 4.90 Å². The van der Waals surface area contributed by atoms with Gasteiger partial charge in [0.2, 0.25) is 10.0 Å². The number of sulfonamides is 1. The molecule has 4 nitrogen and oxygen atoms in total. The van der Waals surface area contributed by atoms with E-state index in [9.17, 15) is 8.42 Å². The monoisotopic (exact) mass is 242 g/mol. The molecular formula is C11H18N2O2S. The smallest absolute Gasteiger partial charge is 0.243 e. The maximum absolute atomic E-state index is 12.2. The summed E-state index contributed by atoms with van der Waals surface area (Å²) in [5.41, 5.74) is 6.09. The highest BCUT2D eigenvalue weighted by atomic mass is 32.2. The highest BCUT2D eigenvalue weighted by Crippen LogP contribution is 2.18. The lowest BCUT2D eigenvalue weighted by Crippen LogP contribution is -2.36. The Morgan fingerprint density at radius 2 is 1.75 bits per heavy atom. The van der Waals surface area contributed by atoms with Crippen LogP contribution in [0.5, 0.6) is 0 Å². The molecule has 90 valence electrons. The van der Waals surface area contributed by atoms with Crippen LogP contribution < -0.4 is 5.73 Å². The Hall–Kier alpha value is -1.07. The van der Waals surface area contributed by atoms with E-state index >= 15 is 0 Å². The van der Waals surface area contributed by atoms with E-state index in [0.29, 0.717) is 12.2 Å². The van der Waals surface area contributed by atoms with Crippen LogP contribution in [-0.2, 0) is 10.0 Å². The first-order valence-corrected chi connectivity index (χ1v) is 6.71. The van der Waals surface area contributed by atoms with Crippen molar-refractivity contribution >= 4 is 15.7 Å². The van der Waals surface area contributed by atoms with Gasteiger partial charge in [0, 0.05) is 18.3 Å². The van der Waals surface area contributed by atoms with Gasteiger partial charge in [0.1, 0.15) is 0 Å². The van der Waals surface area contributed by atoms with Crippen LogP contribution in [0.2, 0.25) is 0 Å².